The first kappa shape index (κ1) is 15.7. The van der Waals surface area contributed by atoms with Crippen LogP contribution < -0.4 is 10.1 Å². The number of rotatable bonds is 4. The standard InChI is InChI=1S/C17H26ClNO/c1-11-7-12(2)9-13(8-11)17(19-3)15-6-5-14(18)10-16(15)20-4/h5-6,10-13,17,19H,7-9H2,1-4H3. The predicted octanol–water partition coefficient (Wildman–Crippen LogP) is 4.68. The third-order valence-corrected chi connectivity index (χ3v) is 4.76. The predicted molar refractivity (Wildman–Crippen MR) is 85.5 cm³/mol. The molecule has 0 bridgehead atoms. The lowest BCUT2D eigenvalue weighted by Gasteiger charge is -2.37. The molecule has 1 aromatic carbocycles. The van der Waals surface area contributed by atoms with E-state index in [1.165, 1.54) is 24.8 Å². The van der Waals surface area contributed by atoms with Crippen molar-refractivity contribution < 1.29 is 4.74 Å². The Hall–Kier alpha value is -0.730. The first-order chi connectivity index (χ1) is 9.55. The molecule has 20 heavy (non-hydrogen) atoms. The van der Waals surface area contributed by atoms with Crippen LogP contribution in [0.2, 0.25) is 5.02 Å². The summed E-state index contributed by atoms with van der Waals surface area (Å²) in [6.07, 6.45) is 3.91. The molecule has 3 unspecified atom stereocenters. The van der Waals surface area contributed by atoms with E-state index >= 15 is 0 Å². The third-order valence-electron chi connectivity index (χ3n) is 4.53. The molecule has 0 saturated heterocycles. The Balaban J connectivity index is 2.27. The number of halogens is 1. The largest absolute Gasteiger partial charge is 0.496 e. The molecule has 3 atom stereocenters. The topological polar surface area (TPSA) is 21.3 Å². The molecule has 0 heterocycles. The van der Waals surface area contributed by atoms with Crippen molar-refractivity contribution in [1.29, 1.82) is 0 Å². The minimum absolute atomic E-state index is 0.340. The molecule has 1 saturated carbocycles. The lowest BCUT2D eigenvalue weighted by molar-refractivity contribution is 0.179. The summed E-state index contributed by atoms with van der Waals surface area (Å²) in [5, 5.41) is 4.23. The fraction of sp³-hybridized carbons (Fsp3) is 0.647. The van der Waals surface area contributed by atoms with Gasteiger partial charge in [0.2, 0.25) is 0 Å². The first-order valence-corrected chi connectivity index (χ1v) is 7.93. The molecule has 3 heteroatoms. The van der Waals surface area contributed by atoms with E-state index in [1.807, 2.05) is 19.2 Å². The molecule has 0 aliphatic heterocycles. The average Bonchev–Trinajstić information content (AvgIpc) is 2.40. The minimum Gasteiger partial charge on any atom is -0.496 e. The molecule has 2 rings (SSSR count). The second-order valence-corrected chi connectivity index (χ2v) is 6.77. The van der Waals surface area contributed by atoms with Gasteiger partial charge in [-0.1, -0.05) is 31.5 Å². The highest BCUT2D eigenvalue weighted by Gasteiger charge is 2.31. The number of ether oxygens (including phenoxy) is 1. The SMILES string of the molecule is CNC(c1ccc(Cl)cc1OC)C1CC(C)CC(C)C1. The molecule has 2 nitrogen and oxygen atoms in total. The number of hydrogen-bond acceptors (Lipinski definition) is 2. The summed E-state index contributed by atoms with van der Waals surface area (Å²) >= 11 is 6.08. The van der Waals surface area contributed by atoms with Crippen molar-refractivity contribution in [2.45, 2.75) is 39.2 Å². The van der Waals surface area contributed by atoms with Crippen LogP contribution in [0.5, 0.6) is 5.75 Å². The maximum Gasteiger partial charge on any atom is 0.125 e. The summed E-state index contributed by atoms with van der Waals surface area (Å²) in [5.41, 5.74) is 1.23. The first-order valence-electron chi connectivity index (χ1n) is 7.55. The van der Waals surface area contributed by atoms with Crippen LogP contribution >= 0.6 is 11.6 Å². The van der Waals surface area contributed by atoms with E-state index in [2.05, 4.69) is 25.2 Å². The van der Waals surface area contributed by atoms with Gasteiger partial charge in [0.1, 0.15) is 5.75 Å². The van der Waals surface area contributed by atoms with E-state index in [1.54, 1.807) is 7.11 Å². The van der Waals surface area contributed by atoms with Gasteiger partial charge in [0, 0.05) is 16.6 Å². The van der Waals surface area contributed by atoms with Gasteiger partial charge in [-0.15, -0.1) is 0 Å². The van der Waals surface area contributed by atoms with Crippen LogP contribution in [0, 0.1) is 17.8 Å². The van der Waals surface area contributed by atoms with E-state index in [0.29, 0.717) is 12.0 Å². The normalized spacial score (nSPS) is 28.1. The van der Waals surface area contributed by atoms with Gasteiger partial charge >= 0.3 is 0 Å². The van der Waals surface area contributed by atoms with Crippen molar-refractivity contribution in [2.24, 2.45) is 17.8 Å². The zero-order chi connectivity index (χ0) is 14.7. The van der Waals surface area contributed by atoms with Gasteiger partial charge in [0.15, 0.2) is 0 Å². The molecule has 0 spiro atoms. The van der Waals surface area contributed by atoms with Gasteiger partial charge in [-0.2, -0.15) is 0 Å². The number of hydrogen-bond donors (Lipinski definition) is 1. The maximum atomic E-state index is 6.08. The Morgan fingerprint density at radius 2 is 1.85 bits per heavy atom. The van der Waals surface area contributed by atoms with Crippen molar-refractivity contribution in [2.75, 3.05) is 14.2 Å². The molecule has 1 aromatic rings. The molecule has 1 aliphatic carbocycles. The van der Waals surface area contributed by atoms with Crippen molar-refractivity contribution in [1.82, 2.24) is 5.32 Å². The summed E-state index contributed by atoms with van der Waals surface area (Å²) in [4.78, 5) is 0. The second kappa shape index (κ2) is 6.82. The van der Waals surface area contributed by atoms with Crippen LogP contribution in [0.15, 0.2) is 18.2 Å². The molecule has 0 radical (unpaired) electrons. The number of methoxy groups -OCH3 is 1. The summed E-state index contributed by atoms with van der Waals surface area (Å²) in [5.74, 6) is 3.16. The number of benzene rings is 1. The highest BCUT2D eigenvalue weighted by Crippen LogP contribution is 2.42. The van der Waals surface area contributed by atoms with E-state index in [-0.39, 0.29) is 0 Å². The van der Waals surface area contributed by atoms with E-state index in [9.17, 15) is 0 Å². The van der Waals surface area contributed by atoms with E-state index < -0.39 is 0 Å². The van der Waals surface area contributed by atoms with Crippen LogP contribution in [0.4, 0.5) is 0 Å². The zero-order valence-electron chi connectivity index (χ0n) is 12.9. The second-order valence-electron chi connectivity index (χ2n) is 6.33. The lowest BCUT2D eigenvalue weighted by Crippen LogP contribution is -2.31. The van der Waals surface area contributed by atoms with Crippen LogP contribution in [-0.4, -0.2) is 14.2 Å². The smallest absolute Gasteiger partial charge is 0.125 e. The molecule has 112 valence electrons. The molecule has 1 N–H and O–H groups in total. The van der Waals surface area contributed by atoms with Crippen molar-refractivity contribution in [3.05, 3.63) is 28.8 Å². The van der Waals surface area contributed by atoms with Crippen LogP contribution in [0.1, 0.15) is 44.7 Å². The molecule has 0 aromatic heterocycles. The molecule has 1 fully saturated rings. The van der Waals surface area contributed by atoms with Crippen molar-refractivity contribution >= 4 is 11.6 Å². The Kier molecular flexibility index (Phi) is 5.34. The quantitative estimate of drug-likeness (QED) is 0.871. The summed E-state index contributed by atoms with van der Waals surface area (Å²) in [6, 6.07) is 6.32. The molecule has 1 aliphatic rings. The van der Waals surface area contributed by atoms with Crippen LogP contribution in [-0.2, 0) is 0 Å². The van der Waals surface area contributed by atoms with Gasteiger partial charge in [-0.25, -0.2) is 0 Å². The van der Waals surface area contributed by atoms with Gasteiger partial charge in [-0.05, 0) is 56.2 Å². The molecule has 0 amide bonds. The summed E-state index contributed by atoms with van der Waals surface area (Å²) < 4.78 is 5.53. The lowest BCUT2D eigenvalue weighted by atomic mass is 9.72. The van der Waals surface area contributed by atoms with Gasteiger partial charge in [0.05, 0.1) is 7.11 Å². The Morgan fingerprint density at radius 1 is 1.20 bits per heavy atom. The van der Waals surface area contributed by atoms with Crippen LogP contribution in [0.3, 0.4) is 0 Å². The van der Waals surface area contributed by atoms with E-state index in [4.69, 9.17) is 16.3 Å². The Bertz CT molecular complexity index is 439. The number of nitrogens with one attached hydrogen (secondary N) is 1. The highest BCUT2D eigenvalue weighted by molar-refractivity contribution is 6.30. The fourth-order valence-electron chi connectivity index (χ4n) is 3.87. The maximum absolute atomic E-state index is 6.08. The fourth-order valence-corrected chi connectivity index (χ4v) is 4.03. The van der Waals surface area contributed by atoms with Gasteiger partial charge in [0.25, 0.3) is 0 Å². The Morgan fingerprint density at radius 3 is 2.40 bits per heavy atom. The molecular weight excluding hydrogens is 270 g/mol. The zero-order valence-corrected chi connectivity index (χ0v) is 13.7. The summed E-state index contributed by atoms with van der Waals surface area (Å²) in [7, 11) is 3.76. The average molecular weight is 296 g/mol. The minimum atomic E-state index is 0.340. The monoisotopic (exact) mass is 295 g/mol. The van der Waals surface area contributed by atoms with Gasteiger partial charge in [-0.3, -0.25) is 0 Å². The van der Waals surface area contributed by atoms with E-state index in [0.717, 1.165) is 22.6 Å². The summed E-state index contributed by atoms with van der Waals surface area (Å²) in [6.45, 7) is 4.74. The third kappa shape index (κ3) is 3.48. The van der Waals surface area contributed by atoms with Crippen LogP contribution in [0.25, 0.3) is 0 Å². The highest BCUT2D eigenvalue weighted by atomic mass is 35.5. The molecular formula is C17H26ClNO. The Labute approximate surface area is 127 Å². The van der Waals surface area contributed by atoms with Crippen molar-refractivity contribution in [3.8, 4) is 5.75 Å². The van der Waals surface area contributed by atoms with Gasteiger partial charge < -0.3 is 10.1 Å². The van der Waals surface area contributed by atoms with Crippen molar-refractivity contribution in [3.63, 3.8) is 0 Å².